The number of phenols is 1. The molecule has 0 aliphatic carbocycles. The summed E-state index contributed by atoms with van der Waals surface area (Å²) in [6.07, 6.45) is 1.48. The lowest BCUT2D eigenvalue weighted by atomic mass is 10.0. The zero-order valence-electron chi connectivity index (χ0n) is 13.0. The molecule has 0 amide bonds. The first kappa shape index (κ1) is 18.4. The first-order valence-corrected chi connectivity index (χ1v) is 8.40. The van der Waals surface area contributed by atoms with Crippen LogP contribution in [0.5, 0.6) is 11.5 Å². The maximum Gasteiger partial charge on any atom is 0.163 e. The SMILES string of the molecule is CCCc1c(OCC#CCSCCO)ccc(C(C)=O)c1O. The lowest BCUT2D eigenvalue weighted by Gasteiger charge is -2.13. The molecule has 0 atom stereocenters. The van der Waals surface area contributed by atoms with E-state index in [0.717, 1.165) is 6.42 Å². The maximum absolute atomic E-state index is 11.5. The number of ketones is 1. The van der Waals surface area contributed by atoms with E-state index < -0.39 is 0 Å². The fourth-order valence-electron chi connectivity index (χ4n) is 1.93. The van der Waals surface area contributed by atoms with E-state index in [1.165, 1.54) is 6.92 Å². The van der Waals surface area contributed by atoms with Crippen LogP contribution in [0.2, 0.25) is 0 Å². The molecule has 0 fully saturated rings. The van der Waals surface area contributed by atoms with Gasteiger partial charge in [-0.2, -0.15) is 0 Å². The van der Waals surface area contributed by atoms with E-state index in [-0.39, 0.29) is 24.7 Å². The number of hydrogen-bond acceptors (Lipinski definition) is 5. The number of thioether (sulfide) groups is 1. The van der Waals surface area contributed by atoms with E-state index in [2.05, 4.69) is 11.8 Å². The first-order chi connectivity index (χ1) is 10.6. The van der Waals surface area contributed by atoms with Gasteiger partial charge in [0.15, 0.2) is 5.78 Å². The third-order valence-electron chi connectivity index (χ3n) is 2.95. The zero-order chi connectivity index (χ0) is 16.4. The van der Waals surface area contributed by atoms with Crippen LogP contribution in [0.3, 0.4) is 0 Å². The number of Topliss-reactive ketones (excluding diaryl/α,β-unsaturated/α-hetero) is 1. The van der Waals surface area contributed by atoms with Crippen molar-refractivity contribution in [2.24, 2.45) is 0 Å². The lowest BCUT2D eigenvalue weighted by molar-refractivity contribution is 0.101. The highest BCUT2D eigenvalue weighted by Gasteiger charge is 2.15. The summed E-state index contributed by atoms with van der Waals surface area (Å²) in [4.78, 5) is 11.5. The largest absolute Gasteiger partial charge is 0.507 e. The Morgan fingerprint density at radius 1 is 1.36 bits per heavy atom. The topological polar surface area (TPSA) is 66.8 Å². The number of benzene rings is 1. The van der Waals surface area contributed by atoms with Crippen molar-refractivity contribution in [3.63, 3.8) is 0 Å². The van der Waals surface area contributed by atoms with Crippen molar-refractivity contribution in [1.29, 1.82) is 0 Å². The number of carbonyl (C=O) groups excluding carboxylic acids is 1. The minimum absolute atomic E-state index is 0.0123. The van der Waals surface area contributed by atoms with E-state index in [1.54, 1.807) is 23.9 Å². The monoisotopic (exact) mass is 322 g/mol. The van der Waals surface area contributed by atoms with Crippen molar-refractivity contribution in [2.75, 3.05) is 24.7 Å². The van der Waals surface area contributed by atoms with E-state index in [9.17, 15) is 9.90 Å². The number of aromatic hydroxyl groups is 1. The molecule has 120 valence electrons. The normalized spacial score (nSPS) is 9.95. The third-order valence-corrected chi connectivity index (χ3v) is 3.77. The summed E-state index contributed by atoms with van der Waals surface area (Å²) in [6.45, 7) is 3.82. The Balaban J connectivity index is 2.73. The van der Waals surface area contributed by atoms with Crippen LogP contribution in [0.1, 0.15) is 36.2 Å². The smallest absolute Gasteiger partial charge is 0.163 e. The second-order valence-corrected chi connectivity index (χ2v) is 5.77. The highest BCUT2D eigenvalue weighted by molar-refractivity contribution is 7.99. The summed E-state index contributed by atoms with van der Waals surface area (Å²) in [5.74, 6) is 7.59. The fourth-order valence-corrected chi connectivity index (χ4v) is 2.41. The van der Waals surface area contributed by atoms with Crippen LogP contribution in [-0.2, 0) is 6.42 Å². The van der Waals surface area contributed by atoms with Crippen molar-refractivity contribution in [3.8, 4) is 23.3 Å². The van der Waals surface area contributed by atoms with Crippen LogP contribution in [-0.4, -0.2) is 40.7 Å². The number of rotatable bonds is 8. The summed E-state index contributed by atoms with van der Waals surface area (Å²) in [5.41, 5.74) is 0.981. The van der Waals surface area contributed by atoms with Crippen molar-refractivity contribution >= 4 is 17.5 Å². The van der Waals surface area contributed by atoms with Gasteiger partial charge in [0.2, 0.25) is 0 Å². The molecule has 0 unspecified atom stereocenters. The van der Waals surface area contributed by atoms with Crippen molar-refractivity contribution in [3.05, 3.63) is 23.3 Å². The van der Waals surface area contributed by atoms with Crippen LogP contribution < -0.4 is 4.74 Å². The van der Waals surface area contributed by atoms with Gasteiger partial charge in [-0.15, -0.1) is 11.8 Å². The molecule has 5 heteroatoms. The van der Waals surface area contributed by atoms with Crippen molar-refractivity contribution in [2.45, 2.75) is 26.7 Å². The van der Waals surface area contributed by atoms with E-state index >= 15 is 0 Å². The summed E-state index contributed by atoms with van der Waals surface area (Å²) in [6, 6.07) is 3.29. The lowest BCUT2D eigenvalue weighted by Crippen LogP contribution is -2.02. The number of ether oxygens (including phenoxy) is 1. The summed E-state index contributed by atoms with van der Waals surface area (Å²) >= 11 is 1.56. The number of hydrogen-bond donors (Lipinski definition) is 2. The average Bonchev–Trinajstić information content (AvgIpc) is 2.49. The fraction of sp³-hybridized carbons (Fsp3) is 0.471. The maximum atomic E-state index is 11.5. The molecule has 1 aromatic carbocycles. The Kier molecular flexibility index (Phi) is 8.49. The number of aliphatic hydroxyl groups is 1. The molecule has 0 bridgehead atoms. The molecule has 2 N–H and O–H groups in total. The molecule has 0 radical (unpaired) electrons. The van der Waals surface area contributed by atoms with Gasteiger partial charge in [-0.05, 0) is 25.5 Å². The molecule has 0 saturated heterocycles. The summed E-state index contributed by atoms with van der Waals surface area (Å²) in [7, 11) is 0. The number of phenolic OH excluding ortho intramolecular Hbond substituents is 1. The second-order valence-electron chi connectivity index (χ2n) is 4.66. The quantitative estimate of drug-likeness (QED) is 0.437. The molecule has 4 nitrogen and oxygen atoms in total. The van der Waals surface area contributed by atoms with Gasteiger partial charge in [0.25, 0.3) is 0 Å². The predicted molar refractivity (Wildman–Crippen MR) is 89.8 cm³/mol. The predicted octanol–water partition coefficient (Wildman–Crippen LogP) is 2.66. The molecule has 0 aliphatic rings. The highest BCUT2D eigenvalue weighted by atomic mass is 32.2. The molecule has 1 aromatic rings. The molecule has 0 aliphatic heterocycles. The third kappa shape index (κ3) is 5.63. The highest BCUT2D eigenvalue weighted by Crippen LogP contribution is 2.32. The summed E-state index contributed by atoms with van der Waals surface area (Å²) < 4.78 is 5.61. The Bertz CT molecular complexity index is 558. The number of aliphatic hydroxyl groups excluding tert-OH is 1. The molecule has 0 spiro atoms. The van der Waals surface area contributed by atoms with Gasteiger partial charge in [0.1, 0.15) is 18.1 Å². The second kappa shape index (κ2) is 10.1. The standard InChI is InChI=1S/C17H22O4S/c1-3-6-15-16(8-7-14(13(2)19)17(15)20)21-10-4-5-11-22-12-9-18/h7-8,18,20H,3,6,9-12H2,1-2H3. The van der Waals surface area contributed by atoms with Crippen LogP contribution in [0.4, 0.5) is 0 Å². The van der Waals surface area contributed by atoms with Gasteiger partial charge >= 0.3 is 0 Å². The Morgan fingerprint density at radius 2 is 2.14 bits per heavy atom. The van der Waals surface area contributed by atoms with E-state index in [1.807, 2.05) is 6.92 Å². The van der Waals surface area contributed by atoms with Gasteiger partial charge in [-0.1, -0.05) is 25.2 Å². The minimum Gasteiger partial charge on any atom is -0.507 e. The van der Waals surface area contributed by atoms with Crippen molar-refractivity contribution < 1.29 is 19.7 Å². The van der Waals surface area contributed by atoms with Gasteiger partial charge in [-0.25, -0.2) is 0 Å². The molecular weight excluding hydrogens is 300 g/mol. The molecule has 1 rings (SSSR count). The first-order valence-electron chi connectivity index (χ1n) is 7.24. The molecule has 0 heterocycles. The molecule has 22 heavy (non-hydrogen) atoms. The average molecular weight is 322 g/mol. The van der Waals surface area contributed by atoms with E-state index in [4.69, 9.17) is 9.84 Å². The summed E-state index contributed by atoms with van der Waals surface area (Å²) in [5, 5.41) is 18.9. The Labute approximate surface area is 135 Å². The van der Waals surface area contributed by atoms with Crippen molar-refractivity contribution in [1.82, 2.24) is 0 Å². The number of carbonyl (C=O) groups is 1. The van der Waals surface area contributed by atoms with Crippen LogP contribution >= 0.6 is 11.8 Å². The van der Waals surface area contributed by atoms with Gasteiger partial charge < -0.3 is 14.9 Å². The molecule has 0 saturated carbocycles. The van der Waals surface area contributed by atoms with Crippen LogP contribution in [0.25, 0.3) is 0 Å². The van der Waals surface area contributed by atoms with Gasteiger partial charge in [0, 0.05) is 11.3 Å². The van der Waals surface area contributed by atoms with Gasteiger partial charge in [0.05, 0.1) is 17.9 Å². The molecule has 0 aromatic heterocycles. The Hall–Kier alpha value is -1.64. The minimum atomic E-state index is -0.165. The Morgan fingerprint density at radius 3 is 2.77 bits per heavy atom. The van der Waals surface area contributed by atoms with E-state index in [0.29, 0.717) is 34.8 Å². The van der Waals surface area contributed by atoms with Crippen LogP contribution in [0.15, 0.2) is 12.1 Å². The zero-order valence-corrected chi connectivity index (χ0v) is 13.8. The molecular formula is C17H22O4S. The van der Waals surface area contributed by atoms with Gasteiger partial charge in [-0.3, -0.25) is 4.79 Å². The van der Waals surface area contributed by atoms with Crippen LogP contribution in [0, 0.1) is 11.8 Å².